The monoisotopic (exact) mass is 318 g/mol. The van der Waals surface area contributed by atoms with Gasteiger partial charge in [0.15, 0.2) is 34.8 Å². The van der Waals surface area contributed by atoms with E-state index in [1.165, 1.54) is 0 Å². The van der Waals surface area contributed by atoms with Gasteiger partial charge < -0.3 is 10.2 Å². The van der Waals surface area contributed by atoms with Gasteiger partial charge in [0.05, 0.1) is 0 Å². The number of hydrogen-bond donors (Lipinski definition) is 2. The van der Waals surface area contributed by atoms with Crippen LogP contribution in [0.15, 0.2) is 12.1 Å². The van der Waals surface area contributed by atoms with E-state index in [0.29, 0.717) is 12.1 Å². The molecule has 2 N–H and O–H groups in total. The fourth-order valence-corrected chi connectivity index (χ4v) is 2.31. The maximum absolute atomic E-state index is 13.9. The zero-order valence-electron chi connectivity index (χ0n) is 10.3. The van der Waals surface area contributed by atoms with Crippen molar-refractivity contribution in [2.75, 3.05) is 0 Å². The fraction of sp³-hybridized carbons (Fsp3) is 0. The molecule has 8 heteroatoms. The fourth-order valence-electron chi connectivity index (χ4n) is 2.31. The first-order valence-corrected chi connectivity index (χ1v) is 5.74. The van der Waals surface area contributed by atoms with E-state index in [1.807, 2.05) is 0 Å². The Kier molecular flexibility index (Phi) is 2.88. The predicted octanol–water partition coefficient (Wildman–Crippen LogP) is 4.24. The van der Waals surface area contributed by atoms with Crippen molar-refractivity contribution in [2.24, 2.45) is 0 Å². The number of aromatic hydroxyl groups is 2. The summed E-state index contributed by atoms with van der Waals surface area (Å²) in [4.78, 5) is 0. The van der Waals surface area contributed by atoms with Gasteiger partial charge in [0.1, 0.15) is 5.75 Å². The highest BCUT2D eigenvalue weighted by Gasteiger charge is 2.26. The van der Waals surface area contributed by atoms with Crippen LogP contribution in [-0.4, -0.2) is 10.2 Å². The first-order chi connectivity index (χ1) is 10.3. The highest BCUT2D eigenvalue weighted by atomic mass is 19.2. The molecule has 0 aliphatic carbocycles. The molecule has 0 aliphatic rings. The van der Waals surface area contributed by atoms with Crippen LogP contribution in [0.2, 0.25) is 0 Å². The van der Waals surface area contributed by atoms with E-state index in [4.69, 9.17) is 0 Å². The van der Waals surface area contributed by atoms with Crippen molar-refractivity contribution in [1.82, 2.24) is 0 Å². The number of fused-ring (bicyclic) bond motifs is 3. The lowest BCUT2D eigenvalue weighted by Gasteiger charge is -2.12. The molecule has 0 saturated carbocycles. The Morgan fingerprint density at radius 2 is 1.14 bits per heavy atom. The number of phenolic OH excluding ortho intramolecular Hbond substituents is 2. The summed E-state index contributed by atoms with van der Waals surface area (Å²) in [6, 6.07) is 0.968. The van der Waals surface area contributed by atoms with E-state index < -0.39 is 67.9 Å². The number of benzene rings is 3. The third-order valence-corrected chi connectivity index (χ3v) is 3.31. The topological polar surface area (TPSA) is 40.5 Å². The Morgan fingerprint density at radius 1 is 0.591 bits per heavy atom. The molecule has 0 spiro atoms. The Balaban J connectivity index is 2.76. The van der Waals surface area contributed by atoms with E-state index in [0.717, 1.165) is 0 Å². The Bertz CT molecular complexity index is 959. The molecule has 0 radical (unpaired) electrons. The minimum absolute atomic E-state index is 0.375. The molecule has 0 atom stereocenters. The van der Waals surface area contributed by atoms with Gasteiger partial charge in [0.25, 0.3) is 0 Å². The number of hydrogen-bond acceptors (Lipinski definition) is 2. The van der Waals surface area contributed by atoms with Crippen LogP contribution in [0.3, 0.4) is 0 Å². The Hall–Kier alpha value is -2.64. The molecule has 0 heterocycles. The standard InChI is InChI=1S/C14H4F6O2/c15-5-1-3-6(21)2-4-8(7(3)10(17)9(5)16)11(18)12(19)13(20)14(4)22/h1-2,21-22H. The van der Waals surface area contributed by atoms with Crippen molar-refractivity contribution in [3.8, 4) is 11.5 Å². The lowest BCUT2D eigenvalue weighted by atomic mass is 9.98. The van der Waals surface area contributed by atoms with Crippen LogP contribution < -0.4 is 0 Å². The van der Waals surface area contributed by atoms with E-state index in [9.17, 15) is 36.6 Å². The van der Waals surface area contributed by atoms with Crippen molar-refractivity contribution in [3.05, 3.63) is 47.0 Å². The summed E-state index contributed by atoms with van der Waals surface area (Å²) in [6.45, 7) is 0. The van der Waals surface area contributed by atoms with Crippen LogP contribution in [0, 0.1) is 34.9 Å². The average Bonchev–Trinajstić information content (AvgIpc) is 2.49. The van der Waals surface area contributed by atoms with Crippen molar-refractivity contribution in [3.63, 3.8) is 0 Å². The molecule has 22 heavy (non-hydrogen) atoms. The molecule has 2 nitrogen and oxygen atoms in total. The average molecular weight is 318 g/mol. The van der Waals surface area contributed by atoms with Crippen molar-refractivity contribution < 1.29 is 36.6 Å². The molecule has 0 fully saturated rings. The van der Waals surface area contributed by atoms with Gasteiger partial charge in [0.2, 0.25) is 5.82 Å². The molecular weight excluding hydrogens is 314 g/mol. The molecular formula is C14H4F6O2. The highest BCUT2D eigenvalue weighted by molar-refractivity contribution is 6.12. The normalized spacial score (nSPS) is 11.5. The summed E-state index contributed by atoms with van der Waals surface area (Å²) in [7, 11) is 0. The summed E-state index contributed by atoms with van der Waals surface area (Å²) in [5.74, 6) is -13.8. The largest absolute Gasteiger partial charge is 0.507 e. The molecule has 3 rings (SSSR count). The first kappa shape index (κ1) is 14.3. The molecule has 0 saturated heterocycles. The second-order valence-electron chi connectivity index (χ2n) is 4.52. The third kappa shape index (κ3) is 1.63. The van der Waals surface area contributed by atoms with E-state index >= 15 is 0 Å². The minimum Gasteiger partial charge on any atom is -0.507 e. The van der Waals surface area contributed by atoms with Crippen LogP contribution in [0.25, 0.3) is 21.5 Å². The lowest BCUT2D eigenvalue weighted by Crippen LogP contribution is -1.99. The first-order valence-electron chi connectivity index (χ1n) is 5.74. The minimum atomic E-state index is -2.11. The number of halogens is 6. The Labute approximate surface area is 117 Å². The zero-order chi connectivity index (χ0) is 16.3. The summed E-state index contributed by atoms with van der Waals surface area (Å²) in [5.41, 5.74) is 0. The van der Waals surface area contributed by atoms with Gasteiger partial charge in [-0.15, -0.1) is 0 Å². The Morgan fingerprint density at radius 3 is 1.77 bits per heavy atom. The van der Waals surface area contributed by atoms with Crippen molar-refractivity contribution in [1.29, 1.82) is 0 Å². The zero-order valence-corrected chi connectivity index (χ0v) is 10.3. The molecule has 0 aliphatic heterocycles. The second-order valence-corrected chi connectivity index (χ2v) is 4.52. The van der Waals surface area contributed by atoms with Crippen LogP contribution in [0.1, 0.15) is 0 Å². The maximum atomic E-state index is 13.9. The van der Waals surface area contributed by atoms with Gasteiger partial charge >= 0.3 is 0 Å². The van der Waals surface area contributed by atoms with Crippen LogP contribution in [-0.2, 0) is 0 Å². The van der Waals surface area contributed by atoms with Gasteiger partial charge in [0, 0.05) is 21.5 Å². The number of phenols is 2. The maximum Gasteiger partial charge on any atom is 0.204 e. The van der Waals surface area contributed by atoms with Gasteiger partial charge in [-0.3, -0.25) is 0 Å². The van der Waals surface area contributed by atoms with E-state index in [1.54, 1.807) is 0 Å². The summed E-state index contributed by atoms with van der Waals surface area (Å²) in [6.07, 6.45) is 0. The van der Waals surface area contributed by atoms with Crippen LogP contribution in [0.4, 0.5) is 26.3 Å². The SMILES string of the molecule is Oc1cc2c(O)c(F)c(F)c(F)c2c2c(F)c(F)c(F)cc12. The van der Waals surface area contributed by atoms with Crippen molar-refractivity contribution in [2.45, 2.75) is 0 Å². The quantitative estimate of drug-likeness (QED) is 0.370. The molecule has 0 aromatic heterocycles. The molecule has 3 aromatic carbocycles. The molecule has 114 valence electrons. The smallest absolute Gasteiger partial charge is 0.204 e. The van der Waals surface area contributed by atoms with Gasteiger partial charge in [-0.1, -0.05) is 0 Å². The van der Waals surface area contributed by atoms with Crippen LogP contribution in [0.5, 0.6) is 11.5 Å². The second kappa shape index (κ2) is 4.43. The summed E-state index contributed by atoms with van der Waals surface area (Å²) in [5, 5.41) is 15.7. The van der Waals surface area contributed by atoms with E-state index in [-0.39, 0.29) is 0 Å². The van der Waals surface area contributed by atoms with Crippen LogP contribution >= 0.6 is 0 Å². The molecule has 0 bridgehead atoms. The van der Waals surface area contributed by atoms with Gasteiger partial charge in [-0.2, -0.15) is 4.39 Å². The summed E-state index contributed by atoms with van der Waals surface area (Å²) < 4.78 is 81.1. The van der Waals surface area contributed by atoms with Crippen molar-refractivity contribution >= 4 is 21.5 Å². The van der Waals surface area contributed by atoms with Gasteiger partial charge in [-0.05, 0) is 12.1 Å². The van der Waals surface area contributed by atoms with Gasteiger partial charge in [-0.25, -0.2) is 22.0 Å². The molecule has 0 unspecified atom stereocenters. The predicted molar refractivity (Wildman–Crippen MR) is 64.5 cm³/mol. The molecule has 3 aromatic rings. The molecule has 0 amide bonds. The summed E-state index contributed by atoms with van der Waals surface area (Å²) >= 11 is 0. The lowest BCUT2D eigenvalue weighted by molar-refractivity contribution is 0.394. The highest BCUT2D eigenvalue weighted by Crippen LogP contribution is 2.42. The number of rotatable bonds is 0. The third-order valence-electron chi connectivity index (χ3n) is 3.31. The van der Waals surface area contributed by atoms with E-state index in [2.05, 4.69) is 0 Å².